The second-order valence-corrected chi connectivity index (χ2v) is 5.04. The molecule has 2 heterocycles. The first-order chi connectivity index (χ1) is 11.8. The molecule has 0 radical (unpaired) electrons. The predicted molar refractivity (Wildman–Crippen MR) is 84.2 cm³/mol. The van der Waals surface area contributed by atoms with Gasteiger partial charge in [0.05, 0.1) is 5.69 Å². The third-order valence-corrected chi connectivity index (χ3v) is 3.39. The van der Waals surface area contributed by atoms with Crippen molar-refractivity contribution in [2.24, 2.45) is 5.73 Å². The Morgan fingerprint density at radius 1 is 1.16 bits per heavy atom. The van der Waals surface area contributed by atoms with E-state index in [0.29, 0.717) is 22.0 Å². The SMILES string of the molecule is N=C(N)OC(=N)c1ccc2[nH]cc(-c3cc(C(F)(F)F)ncn3)c2c1. The number of aromatic amines is 1. The molecule has 0 unspecified atom stereocenters. The van der Waals surface area contributed by atoms with Crippen molar-refractivity contribution >= 4 is 22.8 Å². The molecule has 7 nitrogen and oxygen atoms in total. The summed E-state index contributed by atoms with van der Waals surface area (Å²) in [5.74, 6) is -0.347. The first kappa shape index (κ1) is 16.4. The van der Waals surface area contributed by atoms with E-state index in [1.165, 1.54) is 6.20 Å². The summed E-state index contributed by atoms with van der Waals surface area (Å²) in [6.45, 7) is 0. The molecule has 0 aliphatic rings. The minimum Gasteiger partial charge on any atom is -0.407 e. The molecule has 0 amide bonds. The second-order valence-electron chi connectivity index (χ2n) is 5.04. The van der Waals surface area contributed by atoms with Crippen LogP contribution < -0.4 is 5.73 Å². The Bertz CT molecular complexity index is 979. The van der Waals surface area contributed by atoms with Crippen LogP contribution in [0.5, 0.6) is 0 Å². The minimum atomic E-state index is -4.58. The summed E-state index contributed by atoms with van der Waals surface area (Å²) in [5.41, 5.74) is 5.51. The van der Waals surface area contributed by atoms with E-state index < -0.39 is 17.9 Å². The lowest BCUT2D eigenvalue weighted by Crippen LogP contribution is -2.19. The molecule has 0 fully saturated rings. The Balaban J connectivity index is 2.08. The highest BCUT2D eigenvalue weighted by molar-refractivity contribution is 6.03. The molecule has 0 saturated heterocycles. The molecule has 2 aromatic heterocycles. The van der Waals surface area contributed by atoms with Gasteiger partial charge in [-0.1, -0.05) is 0 Å². The number of H-pyrrole nitrogens is 1. The predicted octanol–water partition coefficient (Wildman–Crippen LogP) is 2.88. The van der Waals surface area contributed by atoms with E-state index in [9.17, 15) is 13.2 Å². The summed E-state index contributed by atoms with van der Waals surface area (Å²) < 4.78 is 43.3. The van der Waals surface area contributed by atoms with Crippen molar-refractivity contribution in [3.63, 3.8) is 0 Å². The van der Waals surface area contributed by atoms with Gasteiger partial charge in [0, 0.05) is 28.2 Å². The largest absolute Gasteiger partial charge is 0.433 e. The van der Waals surface area contributed by atoms with Crippen molar-refractivity contribution in [3.8, 4) is 11.3 Å². The quantitative estimate of drug-likeness (QED) is 0.420. The third-order valence-electron chi connectivity index (χ3n) is 3.39. The molecule has 128 valence electrons. The van der Waals surface area contributed by atoms with E-state index in [1.807, 2.05) is 0 Å². The molecule has 10 heteroatoms. The van der Waals surface area contributed by atoms with Gasteiger partial charge >= 0.3 is 6.18 Å². The van der Waals surface area contributed by atoms with Crippen LogP contribution in [0.25, 0.3) is 22.2 Å². The maximum absolute atomic E-state index is 12.8. The Labute approximate surface area is 138 Å². The smallest absolute Gasteiger partial charge is 0.407 e. The number of amidine groups is 1. The Morgan fingerprint density at radius 2 is 1.92 bits per heavy atom. The molecule has 0 aliphatic heterocycles. The van der Waals surface area contributed by atoms with Gasteiger partial charge < -0.3 is 15.5 Å². The maximum atomic E-state index is 12.8. The summed E-state index contributed by atoms with van der Waals surface area (Å²) in [5, 5.41) is 15.3. The molecule has 0 bridgehead atoms. The van der Waals surface area contributed by atoms with E-state index in [-0.39, 0.29) is 11.6 Å². The van der Waals surface area contributed by atoms with Crippen molar-refractivity contribution < 1.29 is 17.9 Å². The molecule has 1 aromatic carbocycles. The number of benzene rings is 1. The molecule has 5 N–H and O–H groups in total. The van der Waals surface area contributed by atoms with E-state index >= 15 is 0 Å². The molecule has 0 saturated carbocycles. The zero-order valence-corrected chi connectivity index (χ0v) is 12.5. The van der Waals surface area contributed by atoms with E-state index in [2.05, 4.69) is 15.0 Å². The highest BCUT2D eigenvalue weighted by Gasteiger charge is 2.33. The number of halogens is 3. The van der Waals surface area contributed by atoms with E-state index in [1.54, 1.807) is 18.2 Å². The van der Waals surface area contributed by atoms with Crippen LogP contribution in [0.4, 0.5) is 13.2 Å². The van der Waals surface area contributed by atoms with E-state index in [4.69, 9.17) is 21.3 Å². The van der Waals surface area contributed by atoms with Gasteiger partial charge in [-0.15, -0.1) is 0 Å². The van der Waals surface area contributed by atoms with Gasteiger partial charge in [0.25, 0.3) is 6.02 Å². The molecule has 0 atom stereocenters. The number of alkyl halides is 3. The summed E-state index contributed by atoms with van der Waals surface area (Å²) in [4.78, 5) is 10.1. The Hall–Kier alpha value is -3.43. The topological polar surface area (TPSA) is 125 Å². The molecule has 3 aromatic rings. The fourth-order valence-corrected chi connectivity index (χ4v) is 2.30. The van der Waals surface area contributed by atoms with Crippen molar-refractivity contribution in [1.82, 2.24) is 15.0 Å². The fourth-order valence-electron chi connectivity index (χ4n) is 2.30. The van der Waals surface area contributed by atoms with Crippen LogP contribution in [0.1, 0.15) is 11.3 Å². The number of aromatic nitrogens is 3. The van der Waals surface area contributed by atoms with Crippen LogP contribution in [-0.4, -0.2) is 26.9 Å². The standard InChI is InChI=1S/C15H11F3N6O/c16-15(17,18)12-4-11(23-6-24-12)9-5-22-10-2-1-7(3-8(9)10)13(19)25-14(20)21/h1-6,19,22H,(H3,20,21). The monoisotopic (exact) mass is 348 g/mol. The first-order valence-corrected chi connectivity index (χ1v) is 6.87. The maximum Gasteiger partial charge on any atom is 0.433 e. The summed E-state index contributed by atoms with van der Waals surface area (Å²) >= 11 is 0. The summed E-state index contributed by atoms with van der Waals surface area (Å²) in [6.07, 6.45) is -2.21. The van der Waals surface area contributed by atoms with E-state index in [0.717, 1.165) is 12.4 Å². The zero-order chi connectivity index (χ0) is 18.2. The molecular weight excluding hydrogens is 337 g/mol. The van der Waals surface area contributed by atoms with Crippen molar-refractivity contribution in [2.75, 3.05) is 0 Å². The lowest BCUT2D eigenvalue weighted by atomic mass is 10.1. The number of hydrogen-bond donors (Lipinski definition) is 4. The number of nitrogens with two attached hydrogens (primary N) is 1. The van der Waals surface area contributed by atoms with Gasteiger partial charge in [-0.05, 0) is 24.3 Å². The van der Waals surface area contributed by atoms with Crippen LogP contribution in [0.3, 0.4) is 0 Å². The number of nitrogens with one attached hydrogen (secondary N) is 3. The van der Waals surface area contributed by atoms with Gasteiger partial charge in [0.15, 0.2) is 0 Å². The molecule has 0 aliphatic carbocycles. The number of rotatable bonds is 2. The molecule has 3 rings (SSSR count). The number of hydrogen-bond acceptors (Lipinski definition) is 5. The van der Waals surface area contributed by atoms with Crippen LogP contribution in [0.15, 0.2) is 36.8 Å². The highest BCUT2D eigenvalue weighted by Crippen LogP contribution is 2.32. The number of ether oxygens (including phenoxy) is 1. The zero-order valence-electron chi connectivity index (χ0n) is 12.5. The lowest BCUT2D eigenvalue weighted by molar-refractivity contribution is -0.141. The van der Waals surface area contributed by atoms with Gasteiger partial charge in [-0.25, -0.2) is 9.97 Å². The van der Waals surface area contributed by atoms with Crippen molar-refractivity contribution in [1.29, 1.82) is 10.8 Å². The van der Waals surface area contributed by atoms with Gasteiger partial charge in [0.1, 0.15) is 12.0 Å². The first-order valence-electron chi connectivity index (χ1n) is 6.87. The highest BCUT2D eigenvalue weighted by atomic mass is 19.4. The fraction of sp³-hybridized carbons (Fsp3) is 0.0667. The summed E-state index contributed by atoms with van der Waals surface area (Å²) in [6, 6.07) is 4.96. The van der Waals surface area contributed by atoms with Crippen LogP contribution in [0, 0.1) is 10.8 Å². The number of nitrogens with zero attached hydrogens (tertiary/aromatic N) is 2. The van der Waals surface area contributed by atoms with Crippen LogP contribution in [-0.2, 0) is 10.9 Å². The molecular formula is C15H11F3N6O. The lowest BCUT2D eigenvalue weighted by Gasteiger charge is -2.07. The molecule has 0 spiro atoms. The van der Waals surface area contributed by atoms with Gasteiger partial charge in [-0.3, -0.25) is 10.8 Å². The number of fused-ring (bicyclic) bond motifs is 1. The Kier molecular flexibility index (Phi) is 3.87. The molecule has 25 heavy (non-hydrogen) atoms. The third kappa shape index (κ3) is 3.27. The average Bonchev–Trinajstić information content (AvgIpc) is 2.96. The Morgan fingerprint density at radius 3 is 2.60 bits per heavy atom. The average molecular weight is 348 g/mol. The normalized spacial score (nSPS) is 11.5. The second kappa shape index (κ2) is 5.89. The van der Waals surface area contributed by atoms with Gasteiger partial charge in [-0.2, -0.15) is 13.2 Å². The van der Waals surface area contributed by atoms with Crippen molar-refractivity contribution in [2.45, 2.75) is 6.18 Å². The van der Waals surface area contributed by atoms with Crippen molar-refractivity contribution in [3.05, 3.63) is 48.0 Å². The van der Waals surface area contributed by atoms with Crippen LogP contribution in [0.2, 0.25) is 0 Å². The van der Waals surface area contributed by atoms with Crippen LogP contribution >= 0.6 is 0 Å². The van der Waals surface area contributed by atoms with Gasteiger partial charge in [0.2, 0.25) is 5.90 Å². The summed E-state index contributed by atoms with van der Waals surface area (Å²) in [7, 11) is 0. The minimum absolute atomic E-state index is 0.0877.